The molecule has 1 N–H and O–H groups in total. The van der Waals surface area contributed by atoms with E-state index in [2.05, 4.69) is 20.2 Å². The maximum absolute atomic E-state index is 12.9. The van der Waals surface area contributed by atoms with Gasteiger partial charge in [0.1, 0.15) is 10.6 Å². The van der Waals surface area contributed by atoms with Gasteiger partial charge in [-0.3, -0.25) is 4.79 Å². The first-order valence-electron chi connectivity index (χ1n) is 11.2. The van der Waals surface area contributed by atoms with Gasteiger partial charge in [-0.1, -0.05) is 12.1 Å². The van der Waals surface area contributed by atoms with Crippen LogP contribution in [0.5, 0.6) is 0 Å². The third-order valence-corrected chi connectivity index (χ3v) is 8.12. The van der Waals surface area contributed by atoms with E-state index in [1.807, 2.05) is 24.3 Å². The van der Waals surface area contributed by atoms with E-state index in [1.54, 1.807) is 13.1 Å². The van der Waals surface area contributed by atoms with Crippen molar-refractivity contribution in [1.82, 2.24) is 15.3 Å². The van der Waals surface area contributed by atoms with Gasteiger partial charge in [-0.05, 0) is 72.4 Å². The second-order valence-corrected chi connectivity index (χ2v) is 10.9. The highest BCUT2D eigenvalue weighted by molar-refractivity contribution is 7.18. The van der Waals surface area contributed by atoms with E-state index in [4.69, 9.17) is 11.6 Å². The second-order valence-electron chi connectivity index (χ2n) is 9.47. The summed E-state index contributed by atoms with van der Waals surface area (Å²) in [4.78, 5) is 23.2. The number of anilines is 1. The zero-order valence-corrected chi connectivity index (χ0v) is 20.2. The van der Waals surface area contributed by atoms with E-state index in [9.17, 15) is 18.0 Å². The summed E-state index contributed by atoms with van der Waals surface area (Å²) in [5.41, 5.74) is 2.09. The van der Waals surface area contributed by atoms with E-state index in [0.29, 0.717) is 27.5 Å². The molecule has 10 heteroatoms. The normalized spacial score (nSPS) is 22.4. The van der Waals surface area contributed by atoms with Crippen molar-refractivity contribution in [3.05, 3.63) is 51.6 Å². The number of nitrogens with one attached hydrogen (secondary N) is 1. The number of carbonyl (C=O) groups is 1. The average molecular weight is 509 g/mol. The Morgan fingerprint density at radius 3 is 2.68 bits per heavy atom. The molecule has 2 fully saturated rings. The first-order chi connectivity index (χ1) is 16.1. The second kappa shape index (κ2) is 8.68. The molecule has 3 aromatic rings. The smallest absolute Gasteiger partial charge is 0.355 e. The van der Waals surface area contributed by atoms with Gasteiger partial charge in [-0.15, -0.1) is 11.3 Å². The largest absolute Gasteiger partial charge is 0.393 e. The zero-order chi connectivity index (χ0) is 24.1. The number of alkyl halides is 3. The molecule has 1 spiro atoms. The molecule has 0 atom stereocenters. The third kappa shape index (κ3) is 4.73. The van der Waals surface area contributed by atoms with Gasteiger partial charge in [0.05, 0.1) is 11.8 Å². The lowest BCUT2D eigenvalue weighted by atomic mass is 9.60. The van der Waals surface area contributed by atoms with Gasteiger partial charge >= 0.3 is 6.18 Å². The van der Waals surface area contributed by atoms with Crippen LogP contribution in [-0.2, 0) is 12.8 Å². The van der Waals surface area contributed by atoms with Gasteiger partial charge < -0.3 is 10.2 Å². The summed E-state index contributed by atoms with van der Waals surface area (Å²) >= 11 is 7.16. The maximum atomic E-state index is 12.9. The first-order valence-corrected chi connectivity index (χ1v) is 12.4. The van der Waals surface area contributed by atoms with Gasteiger partial charge in [0.15, 0.2) is 0 Å². The molecule has 0 unspecified atom stereocenters. The lowest BCUT2D eigenvalue weighted by Gasteiger charge is -2.45. The summed E-state index contributed by atoms with van der Waals surface area (Å²) in [6, 6.07) is 9.32. The lowest BCUT2D eigenvalue weighted by molar-refractivity contribution is -0.126. The molecule has 2 aromatic heterocycles. The molecule has 3 heterocycles. The fraction of sp³-hybridized carbons (Fsp3) is 0.458. The summed E-state index contributed by atoms with van der Waals surface area (Å²) in [5.74, 6) is 1.14. The molecule has 180 valence electrons. The Labute approximate surface area is 204 Å². The molecule has 34 heavy (non-hydrogen) atoms. The fourth-order valence-corrected chi connectivity index (χ4v) is 6.75. The minimum absolute atomic E-state index is 0.0653. The Bertz CT molecular complexity index is 1220. The predicted octanol–water partition coefficient (Wildman–Crippen LogP) is 5.66. The van der Waals surface area contributed by atoms with Crippen molar-refractivity contribution < 1.29 is 18.0 Å². The Morgan fingerprint density at radius 2 is 2.00 bits per heavy atom. The van der Waals surface area contributed by atoms with E-state index in [-0.39, 0.29) is 21.5 Å². The van der Waals surface area contributed by atoms with Crippen LogP contribution in [0.15, 0.2) is 30.3 Å². The summed E-state index contributed by atoms with van der Waals surface area (Å²) in [6.07, 6.45) is -1.02. The molecule has 1 aliphatic heterocycles. The highest BCUT2D eigenvalue weighted by Crippen LogP contribution is 2.53. The van der Waals surface area contributed by atoms with Crippen molar-refractivity contribution in [1.29, 1.82) is 0 Å². The minimum atomic E-state index is -4.26. The van der Waals surface area contributed by atoms with Crippen LogP contribution in [0.3, 0.4) is 0 Å². The van der Waals surface area contributed by atoms with E-state index >= 15 is 0 Å². The average Bonchev–Trinajstić information content (AvgIpc) is 3.36. The number of thiophene rings is 1. The number of nitrogens with zero attached hydrogens (tertiary/aromatic N) is 3. The highest BCUT2D eigenvalue weighted by Gasteiger charge is 2.48. The Kier molecular flexibility index (Phi) is 5.96. The highest BCUT2D eigenvalue weighted by atomic mass is 35.5. The van der Waals surface area contributed by atoms with Crippen LogP contribution >= 0.6 is 22.9 Å². The molecule has 1 aromatic carbocycles. The Hall–Kier alpha value is -2.39. The minimum Gasteiger partial charge on any atom is -0.355 e. The van der Waals surface area contributed by atoms with Crippen molar-refractivity contribution in [3.8, 4) is 0 Å². The predicted molar refractivity (Wildman–Crippen MR) is 128 cm³/mol. The number of halogens is 4. The summed E-state index contributed by atoms with van der Waals surface area (Å²) in [5, 5.41) is 3.35. The molecular formula is C24H24ClF3N4OS. The van der Waals surface area contributed by atoms with Crippen molar-refractivity contribution >= 4 is 44.9 Å². The van der Waals surface area contributed by atoms with Gasteiger partial charge in [-0.25, -0.2) is 4.98 Å². The molecular weight excluding hydrogens is 485 g/mol. The number of fused-ring (bicyclic) bond motifs is 1. The van der Waals surface area contributed by atoms with Gasteiger partial charge in [-0.2, -0.15) is 18.2 Å². The van der Waals surface area contributed by atoms with Crippen LogP contribution in [0.2, 0.25) is 5.28 Å². The quantitative estimate of drug-likeness (QED) is 0.452. The molecule has 5 nitrogen and oxygen atoms in total. The van der Waals surface area contributed by atoms with Crippen LogP contribution in [0, 0.1) is 11.3 Å². The van der Waals surface area contributed by atoms with Crippen molar-refractivity contribution in [2.24, 2.45) is 11.3 Å². The van der Waals surface area contributed by atoms with Gasteiger partial charge in [0.25, 0.3) is 5.91 Å². The van der Waals surface area contributed by atoms with Gasteiger partial charge in [0.2, 0.25) is 5.28 Å². The third-order valence-electron chi connectivity index (χ3n) is 6.92. The van der Waals surface area contributed by atoms with Crippen molar-refractivity contribution in [2.45, 2.75) is 38.3 Å². The molecule has 0 bridgehead atoms. The zero-order valence-electron chi connectivity index (χ0n) is 18.6. The van der Waals surface area contributed by atoms with Crippen molar-refractivity contribution in [2.75, 3.05) is 25.0 Å². The topological polar surface area (TPSA) is 58.1 Å². The van der Waals surface area contributed by atoms with Crippen LogP contribution in [-0.4, -0.2) is 42.2 Å². The number of amides is 1. The number of aromatic nitrogens is 2. The van der Waals surface area contributed by atoms with E-state index in [1.165, 1.54) is 5.56 Å². The Morgan fingerprint density at radius 1 is 1.26 bits per heavy atom. The number of hydrogen-bond acceptors (Lipinski definition) is 5. The summed E-state index contributed by atoms with van der Waals surface area (Å²) < 4.78 is 38.7. The summed E-state index contributed by atoms with van der Waals surface area (Å²) in [7, 11) is 1.62. The van der Waals surface area contributed by atoms with Gasteiger partial charge in [0, 0.05) is 30.6 Å². The Balaban J connectivity index is 1.25. The first kappa shape index (κ1) is 23.4. The molecule has 2 aliphatic rings. The fourth-order valence-electron chi connectivity index (χ4n) is 5.49. The van der Waals surface area contributed by atoms with Crippen LogP contribution in [0.25, 0.3) is 10.2 Å². The molecule has 0 radical (unpaired) electrons. The molecule has 1 saturated carbocycles. The number of hydrogen-bond donors (Lipinski definition) is 1. The molecule has 1 aliphatic carbocycles. The number of carbonyl (C=O) groups excluding carboxylic acids is 1. The molecule has 5 rings (SSSR count). The monoisotopic (exact) mass is 508 g/mol. The van der Waals surface area contributed by atoms with E-state index < -0.39 is 12.6 Å². The lowest BCUT2D eigenvalue weighted by Crippen LogP contribution is -2.40. The SMILES string of the molecule is CNC(=O)c1ccc(CC2CC3(CCN(c4nc(Cl)nc5sc(CC(F)(F)F)cc45)C3)C2)cc1. The van der Waals surface area contributed by atoms with Crippen molar-refractivity contribution in [3.63, 3.8) is 0 Å². The number of benzene rings is 1. The maximum Gasteiger partial charge on any atom is 0.393 e. The van der Waals surface area contributed by atoms with Crippen LogP contribution in [0.4, 0.5) is 19.0 Å². The number of rotatable bonds is 5. The van der Waals surface area contributed by atoms with E-state index in [0.717, 1.165) is 50.1 Å². The standard InChI is InChI=1S/C24H24ClF3N4OS/c1-29-20(33)16-4-2-14(3-5-16)8-15-10-23(11-15)6-7-32(13-23)19-18-9-17(12-24(26,27)28)34-21(18)31-22(25)30-19/h2-5,9,15H,6-8,10-13H2,1H3,(H,29,33). The summed E-state index contributed by atoms with van der Waals surface area (Å²) in [6.45, 7) is 1.63. The molecule has 1 amide bonds. The van der Waals surface area contributed by atoms with Crippen LogP contribution in [0.1, 0.15) is 40.1 Å². The van der Waals surface area contributed by atoms with Crippen LogP contribution < -0.4 is 10.2 Å². The molecule has 1 saturated heterocycles.